The van der Waals surface area contributed by atoms with E-state index in [1.807, 2.05) is 0 Å². The van der Waals surface area contributed by atoms with E-state index in [1.54, 1.807) is 0 Å². The van der Waals surface area contributed by atoms with E-state index in [4.69, 9.17) is 21.4 Å². The molecule has 1 fully saturated rings. The van der Waals surface area contributed by atoms with E-state index >= 15 is 0 Å². The molecule has 6 N–H and O–H groups in total. The number of amidine groups is 1. The number of benzene rings is 1. The van der Waals surface area contributed by atoms with Crippen molar-refractivity contribution in [2.75, 3.05) is 26.3 Å². The van der Waals surface area contributed by atoms with E-state index in [9.17, 15) is 8.78 Å². The van der Waals surface area contributed by atoms with Crippen LogP contribution in [-0.4, -0.2) is 48.5 Å². The Labute approximate surface area is 149 Å². The average molecular weight is 375 g/mol. The van der Waals surface area contributed by atoms with Gasteiger partial charge in [-0.2, -0.15) is 0 Å². The average Bonchev–Trinajstić information content (AvgIpc) is 2.58. The van der Waals surface area contributed by atoms with E-state index in [0.29, 0.717) is 13.2 Å². The summed E-state index contributed by atoms with van der Waals surface area (Å²) in [7, 11) is 0. The van der Waals surface area contributed by atoms with Crippen molar-refractivity contribution >= 4 is 17.8 Å². The lowest BCUT2D eigenvalue weighted by atomic mass is 10.1. The number of aliphatic hydroxyl groups excluding tert-OH is 1. The van der Waals surface area contributed by atoms with Gasteiger partial charge < -0.3 is 15.6 Å². The van der Waals surface area contributed by atoms with Gasteiger partial charge in [0.05, 0.1) is 24.2 Å². The van der Waals surface area contributed by atoms with E-state index in [-0.39, 0.29) is 35.6 Å². The molecular weight excluding hydrogens is 352 g/mol. The zero-order chi connectivity index (χ0) is 18.2. The maximum atomic E-state index is 14.1. The summed E-state index contributed by atoms with van der Waals surface area (Å²) in [6.45, 7) is 1.12. The van der Waals surface area contributed by atoms with Crippen LogP contribution in [-0.2, 0) is 4.74 Å². The highest BCUT2D eigenvalue weighted by Gasteiger charge is 2.17. The van der Waals surface area contributed by atoms with Gasteiger partial charge in [-0.05, 0) is 43.3 Å². The quantitative estimate of drug-likeness (QED) is 0.134. The highest BCUT2D eigenvalue weighted by molar-refractivity contribution is 7.97. The second-order valence-corrected chi connectivity index (χ2v) is 6.49. The van der Waals surface area contributed by atoms with Crippen molar-refractivity contribution < 1.29 is 18.6 Å². The van der Waals surface area contributed by atoms with Crippen LogP contribution in [0.2, 0.25) is 0 Å². The number of nitrogens with zero attached hydrogens (tertiary/aromatic N) is 2. The van der Waals surface area contributed by atoms with Crippen LogP contribution in [0, 0.1) is 11.6 Å². The molecule has 1 aliphatic rings. The van der Waals surface area contributed by atoms with E-state index in [0.717, 1.165) is 48.5 Å². The molecule has 0 amide bonds. The second-order valence-electron chi connectivity index (χ2n) is 5.58. The first-order valence-corrected chi connectivity index (χ1v) is 8.80. The van der Waals surface area contributed by atoms with Crippen LogP contribution < -0.4 is 16.3 Å². The number of hydrazine groups is 1. The SMILES string of the molecule is N/C(=N\N(N)CC1CCCCO1)c1cc(F)c(SNCCO)c(F)c1. The fourth-order valence-electron chi connectivity index (χ4n) is 2.37. The van der Waals surface area contributed by atoms with Gasteiger partial charge in [0.2, 0.25) is 0 Å². The Morgan fingerprint density at radius 1 is 1.40 bits per heavy atom. The summed E-state index contributed by atoms with van der Waals surface area (Å²) >= 11 is 0.764. The first-order chi connectivity index (χ1) is 12.0. The molecule has 1 saturated heterocycles. The van der Waals surface area contributed by atoms with Gasteiger partial charge in [-0.1, -0.05) is 0 Å². The lowest BCUT2D eigenvalue weighted by molar-refractivity contribution is -0.00546. The van der Waals surface area contributed by atoms with Gasteiger partial charge in [0.15, 0.2) is 5.84 Å². The Morgan fingerprint density at radius 2 is 2.12 bits per heavy atom. The molecule has 1 aromatic rings. The molecule has 7 nitrogen and oxygen atoms in total. The number of hydrazone groups is 1. The fraction of sp³-hybridized carbons (Fsp3) is 0.533. The van der Waals surface area contributed by atoms with E-state index in [2.05, 4.69) is 9.82 Å². The summed E-state index contributed by atoms with van der Waals surface area (Å²) in [6.07, 6.45) is 2.96. The van der Waals surface area contributed by atoms with Crippen LogP contribution in [0.15, 0.2) is 22.1 Å². The number of aliphatic hydroxyl groups is 1. The van der Waals surface area contributed by atoms with Crippen LogP contribution >= 0.6 is 11.9 Å². The Bertz CT molecular complexity index is 576. The molecule has 1 aliphatic heterocycles. The number of rotatable bonds is 8. The van der Waals surface area contributed by atoms with Crippen molar-refractivity contribution in [2.45, 2.75) is 30.3 Å². The normalized spacial score (nSPS) is 18.4. The Hall–Kier alpha value is -1.46. The second kappa shape index (κ2) is 9.88. The lowest BCUT2D eigenvalue weighted by Gasteiger charge is -2.25. The van der Waals surface area contributed by atoms with Crippen LogP contribution in [0.25, 0.3) is 0 Å². The van der Waals surface area contributed by atoms with E-state index < -0.39 is 11.6 Å². The van der Waals surface area contributed by atoms with Crippen LogP contribution in [0.1, 0.15) is 24.8 Å². The maximum absolute atomic E-state index is 14.1. The van der Waals surface area contributed by atoms with Gasteiger partial charge in [-0.3, -0.25) is 4.72 Å². The highest BCUT2D eigenvalue weighted by atomic mass is 32.2. The molecule has 0 bridgehead atoms. The maximum Gasteiger partial charge on any atom is 0.152 e. The van der Waals surface area contributed by atoms with Gasteiger partial charge >= 0.3 is 0 Å². The van der Waals surface area contributed by atoms with Crippen LogP contribution in [0.3, 0.4) is 0 Å². The minimum atomic E-state index is -0.775. The monoisotopic (exact) mass is 375 g/mol. The minimum absolute atomic E-state index is 0.0276. The number of hydrogen-bond donors (Lipinski definition) is 4. The van der Waals surface area contributed by atoms with Crippen molar-refractivity contribution in [3.8, 4) is 0 Å². The van der Waals surface area contributed by atoms with Crippen molar-refractivity contribution in [3.05, 3.63) is 29.3 Å². The molecule has 25 heavy (non-hydrogen) atoms. The Kier molecular flexibility index (Phi) is 7.85. The standard InChI is InChI=1S/C15H23F2N5O2S/c16-12-7-10(8-13(17)14(12)25-20-4-5-23)15(18)21-22(19)9-11-3-1-2-6-24-11/h7-8,11,20,23H,1-6,9,19H2,(H2,18,21). The first-order valence-electron chi connectivity index (χ1n) is 7.99. The van der Waals surface area contributed by atoms with Crippen molar-refractivity contribution in [3.63, 3.8) is 0 Å². The number of nitrogens with two attached hydrogens (primary N) is 2. The topological polar surface area (TPSA) is 109 Å². The highest BCUT2D eigenvalue weighted by Crippen LogP contribution is 2.24. The molecule has 0 aromatic heterocycles. The smallest absolute Gasteiger partial charge is 0.152 e. The molecule has 2 rings (SSSR count). The third-order valence-corrected chi connectivity index (χ3v) is 4.53. The molecule has 1 aromatic carbocycles. The molecule has 1 heterocycles. The van der Waals surface area contributed by atoms with Gasteiger partial charge in [-0.15, -0.1) is 5.10 Å². The van der Waals surface area contributed by atoms with Crippen molar-refractivity contribution in [1.29, 1.82) is 0 Å². The largest absolute Gasteiger partial charge is 0.395 e. The summed E-state index contributed by atoms with van der Waals surface area (Å²) in [5.74, 6) is 4.15. The molecule has 140 valence electrons. The van der Waals surface area contributed by atoms with Crippen LogP contribution in [0.5, 0.6) is 0 Å². The van der Waals surface area contributed by atoms with Crippen molar-refractivity contribution in [1.82, 2.24) is 9.84 Å². The molecule has 1 atom stereocenters. The number of hydrogen-bond acceptors (Lipinski definition) is 7. The van der Waals surface area contributed by atoms with Crippen LogP contribution in [0.4, 0.5) is 8.78 Å². The summed E-state index contributed by atoms with van der Waals surface area (Å²) in [4.78, 5) is -0.204. The van der Waals surface area contributed by atoms with Crippen molar-refractivity contribution in [2.24, 2.45) is 16.7 Å². The fourth-order valence-corrected chi connectivity index (χ4v) is 3.02. The van der Waals surface area contributed by atoms with Gasteiger partial charge in [0, 0.05) is 18.7 Å². The van der Waals surface area contributed by atoms with E-state index in [1.165, 1.54) is 0 Å². The van der Waals surface area contributed by atoms with Gasteiger partial charge in [0.1, 0.15) is 11.6 Å². The number of halogens is 2. The summed E-state index contributed by atoms with van der Waals surface area (Å²) in [5, 5.41) is 13.8. The summed E-state index contributed by atoms with van der Waals surface area (Å²) < 4.78 is 36.3. The Balaban J connectivity index is 2.03. The molecule has 0 saturated carbocycles. The molecule has 0 aliphatic carbocycles. The number of ether oxygens (including phenoxy) is 1. The first kappa shape index (κ1) is 19.9. The van der Waals surface area contributed by atoms with Gasteiger partial charge in [0.25, 0.3) is 0 Å². The lowest BCUT2D eigenvalue weighted by Crippen LogP contribution is -2.38. The summed E-state index contributed by atoms with van der Waals surface area (Å²) in [5.41, 5.74) is 5.91. The molecule has 1 unspecified atom stereocenters. The summed E-state index contributed by atoms with van der Waals surface area (Å²) in [6, 6.07) is 2.19. The zero-order valence-corrected chi connectivity index (χ0v) is 14.6. The molecule has 10 heteroatoms. The number of nitrogens with one attached hydrogen (secondary N) is 1. The zero-order valence-electron chi connectivity index (χ0n) is 13.8. The minimum Gasteiger partial charge on any atom is -0.395 e. The predicted molar refractivity (Wildman–Crippen MR) is 92.5 cm³/mol. The molecule has 0 radical (unpaired) electrons. The Morgan fingerprint density at radius 3 is 2.72 bits per heavy atom. The molecular formula is C15H23F2N5O2S. The predicted octanol–water partition coefficient (Wildman–Crippen LogP) is 0.919. The molecule has 0 spiro atoms. The third kappa shape index (κ3) is 6.08. The third-order valence-electron chi connectivity index (χ3n) is 3.58. The van der Waals surface area contributed by atoms with Gasteiger partial charge in [-0.25, -0.2) is 19.7 Å².